The van der Waals surface area contributed by atoms with E-state index < -0.39 is 10.0 Å². The number of hydrogen-bond donors (Lipinski definition) is 1. The zero-order valence-electron chi connectivity index (χ0n) is 11.6. The van der Waals surface area contributed by atoms with Crippen LogP contribution >= 0.6 is 11.6 Å². The van der Waals surface area contributed by atoms with Crippen LogP contribution in [0.25, 0.3) is 0 Å². The van der Waals surface area contributed by atoms with Crippen LogP contribution in [0, 0.1) is 0 Å². The van der Waals surface area contributed by atoms with Gasteiger partial charge in [0.05, 0.1) is 16.7 Å². The molecule has 2 rings (SSSR count). The summed E-state index contributed by atoms with van der Waals surface area (Å²) in [6, 6.07) is 9.51. The molecule has 0 spiro atoms. The van der Waals surface area contributed by atoms with Gasteiger partial charge in [0.1, 0.15) is 10.9 Å². The molecule has 0 saturated heterocycles. The average molecular weight is 327 g/mol. The Hall–Kier alpha value is -1.79. The summed E-state index contributed by atoms with van der Waals surface area (Å²) in [5.41, 5.74) is 0.374. The van der Waals surface area contributed by atoms with Crippen LogP contribution < -0.4 is 9.46 Å². The van der Waals surface area contributed by atoms with Crippen LogP contribution in [0.1, 0.15) is 13.8 Å². The number of halogens is 1. The number of para-hydroxylation sites is 2. The van der Waals surface area contributed by atoms with Crippen molar-refractivity contribution in [2.24, 2.45) is 0 Å². The van der Waals surface area contributed by atoms with Crippen LogP contribution in [0.15, 0.2) is 47.5 Å². The predicted octanol–water partition coefficient (Wildman–Crippen LogP) is 3.32. The van der Waals surface area contributed by atoms with Gasteiger partial charge < -0.3 is 4.74 Å². The van der Waals surface area contributed by atoms with E-state index in [1.165, 1.54) is 18.3 Å². The maximum Gasteiger partial charge on any atom is 0.262 e. The molecule has 0 bridgehead atoms. The van der Waals surface area contributed by atoms with Crippen molar-refractivity contribution in [2.45, 2.75) is 24.8 Å². The SMILES string of the molecule is CC(C)Oc1ccccc1NS(=O)(=O)c1ccnc(Cl)c1. The van der Waals surface area contributed by atoms with E-state index in [2.05, 4.69) is 9.71 Å². The number of ether oxygens (including phenoxy) is 1. The normalized spacial score (nSPS) is 11.4. The molecule has 1 N–H and O–H groups in total. The van der Waals surface area contributed by atoms with Crippen molar-refractivity contribution in [2.75, 3.05) is 4.72 Å². The van der Waals surface area contributed by atoms with Crippen LogP contribution in [-0.4, -0.2) is 19.5 Å². The van der Waals surface area contributed by atoms with Crippen molar-refractivity contribution in [3.05, 3.63) is 47.7 Å². The molecule has 1 heterocycles. The van der Waals surface area contributed by atoms with Crippen molar-refractivity contribution in [1.82, 2.24) is 4.98 Å². The number of rotatable bonds is 5. The Balaban J connectivity index is 2.33. The van der Waals surface area contributed by atoms with Gasteiger partial charge in [0, 0.05) is 6.20 Å². The molecular weight excluding hydrogens is 312 g/mol. The molecule has 112 valence electrons. The van der Waals surface area contributed by atoms with Crippen molar-refractivity contribution < 1.29 is 13.2 Å². The maximum atomic E-state index is 12.3. The summed E-state index contributed by atoms with van der Waals surface area (Å²) in [4.78, 5) is 3.81. The summed E-state index contributed by atoms with van der Waals surface area (Å²) in [6.45, 7) is 3.74. The summed E-state index contributed by atoms with van der Waals surface area (Å²) in [6.07, 6.45) is 1.28. The zero-order chi connectivity index (χ0) is 15.5. The van der Waals surface area contributed by atoms with E-state index in [1.54, 1.807) is 24.3 Å². The van der Waals surface area contributed by atoms with Gasteiger partial charge in [0.25, 0.3) is 10.0 Å². The molecule has 0 aliphatic heterocycles. The third-order valence-corrected chi connectivity index (χ3v) is 4.07. The third kappa shape index (κ3) is 4.09. The lowest BCUT2D eigenvalue weighted by atomic mass is 10.3. The van der Waals surface area contributed by atoms with Gasteiger partial charge >= 0.3 is 0 Å². The average Bonchev–Trinajstić information content (AvgIpc) is 2.40. The summed E-state index contributed by atoms with van der Waals surface area (Å²) < 4.78 is 32.8. The van der Waals surface area contributed by atoms with Crippen LogP contribution in [0.2, 0.25) is 5.15 Å². The Morgan fingerprint density at radius 2 is 1.95 bits per heavy atom. The number of anilines is 1. The molecule has 0 atom stereocenters. The van der Waals surface area contributed by atoms with E-state index >= 15 is 0 Å². The Labute approximate surface area is 129 Å². The number of benzene rings is 1. The fourth-order valence-electron chi connectivity index (χ4n) is 1.66. The van der Waals surface area contributed by atoms with Gasteiger partial charge in [0.15, 0.2) is 0 Å². The third-order valence-electron chi connectivity index (χ3n) is 2.50. The molecule has 0 saturated carbocycles. The van der Waals surface area contributed by atoms with Crippen molar-refractivity contribution in [3.63, 3.8) is 0 Å². The topological polar surface area (TPSA) is 68.3 Å². The molecule has 0 aliphatic rings. The fraction of sp³-hybridized carbons (Fsp3) is 0.214. The first kappa shape index (κ1) is 15.6. The summed E-state index contributed by atoms with van der Waals surface area (Å²) in [7, 11) is -3.75. The molecule has 0 unspecified atom stereocenters. The summed E-state index contributed by atoms with van der Waals surface area (Å²) in [5, 5.41) is 0.115. The Bertz CT molecular complexity index is 733. The first-order valence-electron chi connectivity index (χ1n) is 6.28. The Morgan fingerprint density at radius 3 is 2.62 bits per heavy atom. The van der Waals surface area contributed by atoms with Crippen LogP contribution in [0.4, 0.5) is 5.69 Å². The minimum Gasteiger partial charge on any atom is -0.489 e. The van der Waals surface area contributed by atoms with E-state index in [0.717, 1.165) is 0 Å². The van der Waals surface area contributed by atoms with E-state index in [1.807, 2.05) is 13.8 Å². The fourth-order valence-corrected chi connectivity index (χ4v) is 2.98. The second-order valence-electron chi connectivity index (χ2n) is 4.58. The highest BCUT2D eigenvalue weighted by atomic mass is 35.5. The molecule has 0 fully saturated rings. The van der Waals surface area contributed by atoms with Gasteiger partial charge in [-0.2, -0.15) is 0 Å². The molecule has 5 nitrogen and oxygen atoms in total. The molecule has 1 aromatic carbocycles. The second kappa shape index (κ2) is 6.32. The van der Waals surface area contributed by atoms with Gasteiger partial charge in [-0.15, -0.1) is 0 Å². The first-order valence-corrected chi connectivity index (χ1v) is 8.14. The molecule has 21 heavy (non-hydrogen) atoms. The van der Waals surface area contributed by atoms with Crippen LogP contribution in [0.5, 0.6) is 5.75 Å². The quantitative estimate of drug-likeness (QED) is 0.856. The lowest BCUT2D eigenvalue weighted by molar-refractivity contribution is 0.244. The van der Waals surface area contributed by atoms with Crippen LogP contribution in [-0.2, 0) is 10.0 Å². The van der Waals surface area contributed by atoms with Gasteiger partial charge in [-0.3, -0.25) is 4.72 Å². The largest absolute Gasteiger partial charge is 0.489 e. The number of sulfonamides is 1. The number of hydrogen-bond acceptors (Lipinski definition) is 4. The number of pyridine rings is 1. The minimum atomic E-state index is -3.75. The van der Waals surface area contributed by atoms with E-state index in [9.17, 15) is 8.42 Å². The first-order chi connectivity index (χ1) is 9.88. The van der Waals surface area contributed by atoms with Gasteiger partial charge in [-0.1, -0.05) is 23.7 Å². The smallest absolute Gasteiger partial charge is 0.262 e. The maximum absolute atomic E-state index is 12.3. The predicted molar refractivity (Wildman–Crippen MR) is 82.3 cm³/mol. The second-order valence-corrected chi connectivity index (χ2v) is 6.65. The highest BCUT2D eigenvalue weighted by molar-refractivity contribution is 7.92. The zero-order valence-corrected chi connectivity index (χ0v) is 13.1. The van der Waals surface area contributed by atoms with Crippen molar-refractivity contribution in [1.29, 1.82) is 0 Å². The van der Waals surface area contributed by atoms with Crippen molar-refractivity contribution >= 4 is 27.3 Å². The monoisotopic (exact) mass is 326 g/mol. The summed E-state index contributed by atoms with van der Waals surface area (Å²) in [5.74, 6) is 0.469. The number of aromatic nitrogens is 1. The number of nitrogens with one attached hydrogen (secondary N) is 1. The molecule has 0 amide bonds. The van der Waals surface area contributed by atoms with Crippen molar-refractivity contribution in [3.8, 4) is 5.75 Å². The Kier molecular flexibility index (Phi) is 4.69. The molecular formula is C14H15ClN2O3S. The van der Waals surface area contributed by atoms with Gasteiger partial charge in [0.2, 0.25) is 0 Å². The summed E-state index contributed by atoms with van der Waals surface area (Å²) >= 11 is 5.73. The number of nitrogens with zero attached hydrogens (tertiary/aromatic N) is 1. The molecule has 1 aromatic heterocycles. The van der Waals surface area contributed by atoms with Crippen LogP contribution in [0.3, 0.4) is 0 Å². The van der Waals surface area contributed by atoms with E-state index in [0.29, 0.717) is 11.4 Å². The Morgan fingerprint density at radius 1 is 1.24 bits per heavy atom. The molecule has 2 aromatic rings. The van der Waals surface area contributed by atoms with Gasteiger partial charge in [-0.25, -0.2) is 13.4 Å². The van der Waals surface area contributed by atoms with Gasteiger partial charge in [-0.05, 0) is 38.1 Å². The lowest BCUT2D eigenvalue weighted by Gasteiger charge is -2.15. The molecule has 0 aliphatic carbocycles. The molecule has 0 radical (unpaired) electrons. The van der Waals surface area contributed by atoms with E-state index in [4.69, 9.17) is 16.3 Å². The highest BCUT2D eigenvalue weighted by Gasteiger charge is 2.17. The highest BCUT2D eigenvalue weighted by Crippen LogP contribution is 2.27. The lowest BCUT2D eigenvalue weighted by Crippen LogP contribution is -2.15. The molecule has 7 heteroatoms. The minimum absolute atomic E-state index is 0.0434. The van der Waals surface area contributed by atoms with E-state index in [-0.39, 0.29) is 16.2 Å². The standard InChI is InChI=1S/C14H15ClN2O3S/c1-10(2)20-13-6-4-3-5-12(13)17-21(18,19)11-7-8-16-14(15)9-11/h3-10,17H,1-2H3.